The summed E-state index contributed by atoms with van der Waals surface area (Å²) in [4.78, 5) is 23.0. The molecular weight excluding hydrogens is 336 g/mol. The van der Waals surface area contributed by atoms with Crippen LogP contribution < -0.4 is 11.1 Å². The molecule has 1 heterocycles. The van der Waals surface area contributed by atoms with Crippen LogP contribution in [-0.4, -0.2) is 26.0 Å². The van der Waals surface area contributed by atoms with E-state index < -0.39 is 21.7 Å². The van der Waals surface area contributed by atoms with Gasteiger partial charge in [-0.3, -0.25) is 9.59 Å². The van der Waals surface area contributed by atoms with E-state index in [1.165, 1.54) is 6.07 Å². The van der Waals surface area contributed by atoms with Gasteiger partial charge in [-0.2, -0.15) is 0 Å². The molecule has 2 rings (SSSR count). The summed E-state index contributed by atoms with van der Waals surface area (Å²) in [5, 5.41) is 4.49. The van der Waals surface area contributed by atoms with Crippen LogP contribution in [0.2, 0.25) is 0 Å². The van der Waals surface area contributed by atoms with Gasteiger partial charge in [-0.15, -0.1) is 11.3 Å². The number of thiophene rings is 1. The van der Waals surface area contributed by atoms with Crippen molar-refractivity contribution in [3.05, 3.63) is 52.9 Å². The van der Waals surface area contributed by atoms with Gasteiger partial charge in [0.25, 0.3) is 5.91 Å². The maximum Gasteiger partial charge on any atom is 0.251 e. The van der Waals surface area contributed by atoms with Crippen LogP contribution in [0.1, 0.15) is 22.3 Å². The predicted molar refractivity (Wildman–Crippen MR) is 90.0 cm³/mol. The molecule has 0 bridgehead atoms. The summed E-state index contributed by atoms with van der Waals surface area (Å²) in [6, 6.07) is 10.3. The normalized spacial score (nSPS) is 11.1. The Balaban J connectivity index is 1.91. The molecule has 2 amide bonds. The van der Waals surface area contributed by atoms with Crippen molar-refractivity contribution in [2.45, 2.75) is 12.2 Å². The summed E-state index contributed by atoms with van der Waals surface area (Å²) >= 11 is 1.16. The van der Waals surface area contributed by atoms with Crippen molar-refractivity contribution in [2.75, 3.05) is 11.1 Å². The van der Waals surface area contributed by atoms with Crippen molar-refractivity contribution in [3.8, 4) is 0 Å². The zero-order valence-electron chi connectivity index (χ0n) is 12.2. The molecule has 0 unspecified atom stereocenters. The van der Waals surface area contributed by atoms with Crippen molar-refractivity contribution in [2.24, 2.45) is 5.73 Å². The van der Waals surface area contributed by atoms with E-state index in [9.17, 15) is 18.0 Å². The average Bonchev–Trinajstić information content (AvgIpc) is 2.94. The van der Waals surface area contributed by atoms with E-state index in [1.54, 1.807) is 35.7 Å². The number of sulfone groups is 1. The molecule has 0 fully saturated rings. The number of amides is 2. The Kier molecular flexibility index (Phi) is 5.51. The van der Waals surface area contributed by atoms with Crippen molar-refractivity contribution in [1.82, 2.24) is 0 Å². The van der Waals surface area contributed by atoms with Gasteiger partial charge in [0.15, 0.2) is 9.84 Å². The zero-order chi connectivity index (χ0) is 16.9. The largest absolute Gasteiger partial charge is 0.366 e. The fraction of sp³-hybridized carbons (Fsp3) is 0.200. The molecule has 0 atom stereocenters. The lowest BCUT2D eigenvalue weighted by molar-refractivity contribution is -0.115. The molecule has 0 saturated carbocycles. The Morgan fingerprint density at radius 2 is 1.83 bits per heavy atom. The third-order valence-corrected chi connectivity index (χ3v) is 5.48. The first kappa shape index (κ1) is 17.2. The van der Waals surface area contributed by atoms with E-state index in [1.807, 2.05) is 0 Å². The standard InChI is InChI=1S/C15H16N2O4S2/c16-14(19)12-6-8-22-15(12)17-13(18)7-9-23(20,21)10-11-4-2-1-3-5-11/h1-6,8H,7,9-10H2,(H2,16,19)(H,17,18). The molecule has 1 aromatic heterocycles. The molecule has 122 valence electrons. The van der Waals surface area contributed by atoms with Crippen LogP contribution in [0.3, 0.4) is 0 Å². The van der Waals surface area contributed by atoms with Crippen LogP contribution in [0.5, 0.6) is 0 Å². The summed E-state index contributed by atoms with van der Waals surface area (Å²) in [5.41, 5.74) is 6.09. The quantitative estimate of drug-likeness (QED) is 0.792. The monoisotopic (exact) mass is 352 g/mol. The molecule has 0 aliphatic rings. The molecular formula is C15H16N2O4S2. The maximum absolute atomic E-state index is 12.0. The number of hydrogen-bond donors (Lipinski definition) is 2. The Morgan fingerprint density at radius 3 is 2.48 bits per heavy atom. The minimum absolute atomic E-state index is 0.105. The molecule has 0 spiro atoms. The van der Waals surface area contributed by atoms with Crippen molar-refractivity contribution < 1.29 is 18.0 Å². The number of rotatable bonds is 7. The smallest absolute Gasteiger partial charge is 0.251 e. The van der Waals surface area contributed by atoms with E-state index in [-0.39, 0.29) is 23.5 Å². The van der Waals surface area contributed by atoms with E-state index >= 15 is 0 Å². The molecule has 0 aliphatic heterocycles. The molecule has 23 heavy (non-hydrogen) atoms. The summed E-state index contributed by atoms with van der Waals surface area (Å²) < 4.78 is 24.1. The molecule has 2 aromatic rings. The molecule has 1 aromatic carbocycles. The molecule has 0 saturated heterocycles. The van der Waals surface area contributed by atoms with E-state index in [2.05, 4.69) is 5.32 Å². The van der Waals surface area contributed by atoms with Crippen LogP contribution in [-0.2, 0) is 20.4 Å². The van der Waals surface area contributed by atoms with Gasteiger partial charge < -0.3 is 11.1 Å². The summed E-state index contributed by atoms with van der Waals surface area (Å²) in [6.07, 6.45) is -0.175. The summed E-state index contributed by atoms with van der Waals surface area (Å²) in [7, 11) is -3.38. The zero-order valence-corrected chi connectivity index (χ0v) is 13.8. The molecule has 3 N–H and O–H groups in total. The number of anilines is 1. The summed E-state index contributed by atoms with van der Waals surface area (Å²) in [5.74, 6) is -1.47. The average molecular weight is 352 g/mol. The van der Waals surface area contributed by atoms with Gasteiger partial charge >= 0.3 is 0 Å². The number of primary amides is 1. The fourth-order valence-electron chi connectivity index (χ4n) is 1.94. The third kappa shape index (κ3) is 5.19. The number of benzene rings is 1. The second-order valence-electron chi connectivity index (χ2n) is 4.90. The number of nitrogens with two attached hydrogens (primary N) is 1. The van der Waals surface area contributed by atoms with Crippen LogP contribution in [0.15, 0.2) is 41.8 Å². The van der Waals surface area contributed by atoms with Gasteiger partial charge in [-0.25, -0.2) is 8.42 Å². The molecule has 8 heteroatoms. The highest BCUT2D eigenvalue weighted by molar-refractivity contribution is 7.90. The van der Waals surface area contributed by atoms with Gasteiger partial charge in [-0.1, -0.05) is 30.3 Å². The first-order valence-corrected chi connectivity index (χ1v) is 9.49. The highest BCUT2D eigenvalue weighted by atomic mass is 32.2. The van der Waals surface area contributed by atoms with Crippen molar-refractivity contribution in [3.63, 3.8) is 0 Å². The van der Waals surface area contributed by atoms with Crippen LogP contribution >= 0.6 is 11.3 Å². The van der Waals surface area contributed by atoms with Gasteiger partial charge in [0.1, 0.15) is 5.00 Å². The minimum atomic E-state index is -3.38. The number of hydrogen-bond acceptors (Lipinski definition) is 5. The van der Waals surface area contributed by atoms with Crippen LogP contribution in [0, 0.1) is 0 Å². The lowest BCUT2D eigenvalue weighted by Crippen LogP contribution is -2.20. The third-order valence-electron chi connectivity index (χ3n) is 3.05. The minimum Gasteiger partial charge on any atom is -0.366 e. The molecule has 6 nitrogen and oxygen atoms in total. The van der Waals surface area contributed by atoms with Crippen molar-refractivity contribution in [1.29, 1.82) is 0 Å². The summed E-state index contributed by atoms with van der Waals surface area (Å²) in [6.45, 7) is 0. The van der Waals surface area contributed by atoms with Gasteiger partial charge in [-0.05, 0) is 17.0 Å². The van der Waals surface area contributed by atoms with Gasteiger partial charge in [0.05, 0.1) is 17.1 Å². The molecule has 0 radical (unpaired) electrons. The van der Waals surface area contributed by atoms with E-state index in [0.717, 1.165) is 11.3 Å². The highest BCUT2D eigenvalue weighted by Crippen LogP contribution is 2.22. The predicted octanol–water partition coefficient (Wildman–Crippen LogP) is 1.79. The number of carbonyl (C=O) groups excluding carboxylic acids is 2. The Labute approximate surface area is 138 Å². The second-order valence-corrected chi connectivity index (χ2v) is 8.00. The van der Waals surface area contributed by atoms with Gasteiger partial charge in [0, 0.05) is 6.42 Å². The van der Waals surface area contributed by atoms with E-state index in [4.69, 9.17) is 5.73 Å². The first-order valence-electron chi connectivity index (χ1n) is 6.79. The fourth-order valence-corrected chi connectivity index (χ4v) is 4.09. The highest BCUT2D eigenvalue weighted by Gasteiger charge is 2.17. The van der Waals surface area contributed by atoms with Crippen LogP contribution in [0.25, 0.3) is 0 Å². The number of carbonyl (C=O) groups is 2. The Morgan fingerprint density at radius 1 is 1.13 bits per heavy atom. The Bertz CT molecular complexity index is 798. The second kappa shape index (κ2) is 7.38. The maximum atomic E-state index is 12.0. The first-order chi connectivity index (χ1) is 10.9. The topological polar surface area (TPSA) is 106 Å². The number of nitrogens with one attached hydrogen (secondary N) is 1. The van der Waals surface area contributed by atoms with Crippen LogP contribution in [0.4, 0.5) is 5.00 Å². The van der Waals surface area contributed by atoms with E-state index in [0.29, 0.717) is 10.6 Å². The lowest BCUT2D eigenvalue weighted by Gasteiger charge is -2.06. The molecule has 0 aliphatic carbocycles. The lowest BCUT2D eigenvalue weighted by atomic mass is 10.2. The SMILES string of the molecule is NC(=O)c1ccsc1NC(=O)CCS(=O)(=O)Cc1ccccc1. The van der Waals surface area contributed by atoms with Crippen molar-refractivity contribution >= 4 is 38.0 Å². The Hall–Kier alpha value is -2.19. The van der Waals surface area contributed by atoms with Gasteiger partial charge in [0.2, 0.25) is 5.91 Å².